The molecular weight excluding hydrogens is 406 g/mol. The van der Waals surface area contributed by atoms with Gasteiger partial charge in [0, 0.05) is 45.7 Å². The molecule has 7 aromatic rings. The van der Waals surface area contributed by atoms with Gasteiger partial charge in [-0.1, -0.05) is 60.7 Å². The Morgan fingerprint density at radius 3 is 2.27 bits per heavy atom. The molecule has 0 aliphatic rings. The average Bonchev–Trinajstić information content (AvgIpc) is 3.27. The maximum absolute atomic E-state index is 6.21. The van der Waals surface area contributed by atoms with Gasteiger partial charge in [-0.2, -0.15) is 0 Å². The zero-order valence-corrected chi connectivity index (χ0v) is 17.6. The zero-order valence-electron chi connectivity index (χ0n) is 17.6. The Morgan fingerprint density at radius 1 is 0.545 bits per heavy atom. The minimum Gasteiger partial charge on any atom is -0.456 e. The molecule has 0 N–H and O–H groups in total. The quantitative estimate of drug-likeness (QED) is 0.220. The summed E-state index contributed by atoms with van der Waals surface area (Å²) in [4.78, 5) is 13.7. The van der Waals surface area contributed by atoms with Gasteiger partial charge in [0.15, 0.2) is 5.82 Å². The van der Waals surface area contributed by atoms with Crippen LogP contribution in [0, 0.1) is 0 Å². The van der Waals surface area contributed by atoms with Gasteiger partial charge >= 0.3 is 0 Å². The van der Waals surface area contributed by atoms with Crippen LogP contribution in [0.25, 0.3) is 67.2 Å². The summed E-state index contributed by atoms with van der Waals surface area (Å²) in [5.74, 6) is 0.715. The first kappa shape index (κ1) is 18.0. The Morgan fingerprint density at radius 2 is 1.33 bits per heavy atom. The van der Waals surface area contributed by atoms with Gasteiger partial charge in [-0.05, 0) is 40.8 Å². The standard InChI is InChI=1S/C29H17N3O/c1-2-7-20(29-31-16-5-17-32-29)18(6-1)11-12-19-13-14-24-27-25(19)28-22(9-4-15-30-28)21-8-3-10-23(33-24)26(21)27/h1-17H/b12-11+. The highest BCUT2D eigenvalue weighted by Gasteiger charge is 2.19. The number of hydrogen-bond acceptors (Lipinski definition) is 4. The molecule has 0 aliphatic heterocycles. The zero-order chi connectivity index (χ0) is 21.8. The van der Waals surface area contributed by atoms with E-state index in [1.807, 2.05) is 42.6 Å². The maximum Gasteiger partial charge on any atom is 0.159 e. The van der Waals surface area contributed by atoms with E-state index in [-0.39, 0.29) is 0 Å². The molecule has 4 heteroatoms. The molecule has 4 aromatic carbocycles. The molecule has 154 valence electrons. The van der Waals surface area contributed by atoms with Crippen molar-refractivity contribution in [2.75, 3.05) is 0 Å². The van der Waals surface area contributed by atoms with Crippen molar-refractivity contribution in [2.24, 2.45) is 0 Å². The van der Waals surface area contributed by atoms with Crippen molar-refractivity contribution in [3.05, 3.63) is 103 Å². The van der Waals surface area contributed by atoms with E-state index < -0.39 is 0 Å². The highest BCUT2D eigenvalue weighted by Crippen LogP contribution is 2.43. The highest BCUT2D eigenvalue weighted by atomic mass is 16.3. The van der Waals surface area contributed by atoms with E-state index in [0.717, 1.165) is 54.9 Å². The molecule has 33 heavy (non-hydrogen) atoms. The summed E-state index contributed by atoms with van der Waals surface area (Å²) in [6.45, 7) is 0. The van der Waals surface area contributed by atoms with Crippen molar-refractivity contribution in [3.63, 3.8) is 0 Å². The predicted octanol–water partition coefficient (Wildman–Crippen LogP) is 7.35. The average molecular weight is 423 g/mol. The monoisotopic (exact) mass is 423 g/mol. The van der Waals surface area contributed by atoms with Gasteiger partial charge < -0.3 is 4.42 Å². The first-order chi connectivity index (χ1) is 16.4. The normalized spacial score (nSPS) is 12.1. The highest BCUT2D eigenvalue weighted by molar-refractivity contribution is 6.33. The fourth-order valence-electron chi connectivity index (χ4n) is 4.83. The van der Waals surface area contributed by atoms with Crippen molar-refractivity contribution < 1.29 is 4.42 Å². The Labute approximate surface area is 189 Å². The smallest absolute Gasteiger partial charge is 0.159 e. The van der Waals surface area contributed by atoms with Gasteiger partial charge in [-0.15, -0.1) is 0 Å². The summed E-state index contributed by atoms with van der Waals surface area (Å²) in [6, 6.07) is 24.6. The van der Waals surface area contributed by atoms with E-state index in [1.54, 1.807) is 12.4 Å². The van der Waals surface area contributed by atoms with Crippen LogP contribution in [0.15, 0.2) is 95.8 Å². The maximum atomic E-state index is 6.21. The van der Waals surface area contributed by atoms with E-state index in [9.17, 15) is 0 Å². The topological polar surface area (TPSA) is 51.8 Å². The number of fused-ring (bicyclic) bond motifs is 3. The molecule has 0 spiro atoms. The van der Waals surface area contributed by atoms with E-state index in [4.69, 9.17) is 9.40 Å². The molecule has 0 unspecified atom stereocenters. The van der Waals surface area contributed by atoms with Crippen molar-refractivity contribution in [1.82, 2.24) is 15.0 Å². The van der Waals surface area contributed by atoms with Crippen molar-refractivity contribution in [2.45, 2.75) is 0 Å². The second kappa shape index (κ2) is 6.97. The first-order valence-corrected chi connectivity index (χ1v) is 10.9. The van der Waals surface area contributed by atoms with Crippen LogP contribution in [0.5, 0.6) is 0 Å². The molecule has 0 aliphatic carbocycles. The SMILES string of the molecule is C(=C\c1ccc2oc3cccc4c5cccnc5c1c2c34)/c1ccccc1-c1ncccn1. The number of furan rings is 1. The lowest BCUT2D eigenvalue weighted by molar-refractivity contribution is 0.669. The Kier molecular flexibility index (Phi) is 3.81. The van der Waals surface area contributed by atoms with Gasteiger partial charge in [-0.3, -0.25) is 4.98 Å². The largest absolute Gasteiger partial charge is 0.456 e. The van der Waals surface area contributed by atoms with Crippen LogP contribution >= 0.6 is 0 Å². The van der Waals surface area contributed by atoms with Crippen molar-refractivity contribution in [1.29, 1.82) is 0 Å². The van der Waals surface area contributed by atoms with Crippen molar-refractivity contribution in [3.8, 4) is 11.4 Å². The predicted molar refractivity (Wildman–Crippen MR) is 134 cm³/mol. The summed E-state index contributed by atoms with van der Waals surface area (Å²) in [7, 11) is 0. The minimum atomic E-state index is 0.715. The van der Waals surface area contributed by atoms with E-state index in [0.29, 0.717) is 5.82 Å². The fraction of sp³-hybridized carbons (Fsp3) is 0. The number of benzene rings is 4. The molecule has 7 rings (SSSR count). The third kappa shape index (κ3) is 2.68. The van der Waals surface area contributed by atoms with E-state index in [1.165, 1.54) is 5.39 Å². The van der Waals surface area contributed by atoms with Crippen LogP contribution in [-0.4, -0.2) is 15.0 Å². The van der Waals surface area contributed by atoms with Gasteiger partial charge in [0.05, 0.1) is 5.52 Å². The number of nitrogens with zero attached hydrogens (tertiary/aromatic N) is 3. The summed E-state index contributed by atoms with van der Waals surface area (Å²) in [6.07, 6.45) is 9.68. The van der Waals surface area contributed by atoms with Crippen LogP contribution in [0.1, 0.15) is 11.1 Å². The fourth-order valence-corrected chi connectivity index (χ4v) is 4.83. The molecular formula is C29H17N3O. The summed E-state index contributed by atoms with van der Waals surface area (Å²) < 4.78 is 6.21. The first-order valence-electron chi connectivity index (χ1n) is 10.9. The van der Waals surface area contributed by atoms with Crippen LogP contribution in [0.4, 0.5) is 0 Å². The second-order valence-corrected chi connectivity index (χ2v) is 8.08. The number of rotatable bonds is 3. The van der Waals surface area contributed by atoms with E-state index in [2.05, 4.69) is 58.5 Å². The summed E-state index contributed by atoms with van der Waals surface area (Å²) in [5, 5.41) is 5.72. The van der Waals surface area contributed by atoms with Crippen LogP contribution in [0.3, 0.4) is 0 Å². The molecule has 3 aromatic heterocycles. The number of pyridine rings is 1. The molecule has 4 nitrogen and oxygen atoms in total. The summed E-state index contributed by atoms with van der Waals surface area (Å²) >= 11 is 0. The molecule has 0 atom stereocenters. The Hall–Kier alpha value is -4.57. The molecule has 0 bridgehead atoms. The van der Waals surface area contributed by atoms with Gasteiger partial charge in [0.25, 0.3) is 0 Å². The lowest BCUT2D eigenvalue weighted by atomic mass is 9.94. The Balaban J connectivity index is 1.50. The molecule has 0 saturated carbocycles. The molecule has 0 fully saturated rings. The molecule has 0 saturated heterocycles. The van der Waals surface area contributed by atoms with Gasteiger partial charge in [0.1, 0.15) is 11.2 Å². The van der Waals surface area contributed by atoms with Gasteiger partial charge in [-0.25, -0.2) is 9.97 Å². The van der Waals surface area contributed by atoms with Crippen LogP contribution < -0.4 is 0 Å². The molecule has 3 heterocycles. The lowest BCUT2D eigenvalue weighted by Crippen LogP contribution is -1.90. The molecule has 0 radical (unpaired) electrons. The van der Waals surface area contributed by atoms with Crippen molar-refractivity contribution >= 4 is 55.8 Å². The third-order valence-electron chi connectivity index (χ3n) is 6.24. The van der Waals surface area contributed by atoms with Crippen LogP contribution in [0.2, 0.25) is 0 Å². The lowest BCUT2D eigenvalue weighted by Gasteiger charge is -2.09. The molecule has 0 amide bonds. The Bertz CT molecular complexity index is 1820. The van der Waals surface area contributed by atoms with Gasteiger partial charge in [0.2, 0.25) is 0 Å². The number of aromatic nitrogens is 3. The van der Waals surface area contributed by atoms with E-state index >= 15 is 0 Å². The minimum absolute atomic E-state index is 0.715. The third-order valence-corrected chi connectivity index (χ3v) is 6.24. The second-order valence-electron chi connectivity index (χ2n) is 8.08. The number of hydrogen-bond donors (Lipinski definition) is 0. The summed E-state index contributed by atoms with van der Waals surface area (Å²) in [5.41, 5.74) is 5.95. The van der Waals surface area contributed by atoms with Crippen LogP contribution in [-0.2, 0) is 0 Å².